The molecule has 0 spiro atoms. The van der Waals surface area contributed by atoms with Gasteiger partial charge in [0, 0.05) is 19.2 Å². The molecule has 0 aliphatic heterocycles. The Kier molecular flexibility index (Phi) is 2.55. The second-order valence-electron chi connectivity index (χ2n) is 4.10. The topological polar surface area (TPSA) is 47.8 Å². The molecule has 0 radical (unpaired) electrons. The average molecular weight is 247 g/mol. The fraction of sp³-hybridized carbons (Fsp3) is 0.417. The average Bonchev–Trinajstić information content (AvgIpc) is 2.94. The molecule has 17 heavy (non-hydrogen) atoms. The van der Waals surface area contributed by atoms with Crippen LogP contribution in [0, 0.1) is 0 Å². The van der Waals surface area contributed by atoms with Crippen LogP contribution >= 0.6 is 11.3 Å². The smallest absolute Gasteiger partial charge is 0.174 e. The lowest BCUT2D eigenvalue weighted by Crippen LogP contribution is -2.07. The summed E-state index contributed by atoms with van der Waals surface area (Å²) in [5, 5.41) is 5.16. The quantitative estimate of drug-likeness (QED) is 0.819. The Morgan fingerprint density at radius 1 is 1.47 bits per heavy atom. The molecule has 5 heteroatoms. The third-order valence-corrected chi connectivity index (χ3v) is 4.16. The summed E-state index contributed by atoms with van der Waals surface area (Å²) in [5.74, 6) is 0.248. The van der Waals surface area contributed by atoms with Crippen molar-refractivity contribution in [1.29, 1.82) is 0 Å². The van der Waals surface area contributed by atoms with Gasteiger partial charge in [0.25, 0.3) is 0 Å². The summed E-state index contributed by atoms with van der Waals surface area (Å²) in [6.45, 7) is 2.87. The first-order valence-electron chi connectivity index (χ1n) is 5.84. The maximum atomic E-state index is 11.8. The maximum absolute atomic E-state index is 11.8. The molecule has 0 saturated carbocycles. The minimum atomic E-state index is 0.248. The van der Waals surface area contributed by atoms with E-state index in [9.17, 15) is 4.79 Å². The van der Waals surface area contributed by atoms with E-state index in [1.165, 1.54) is 11.3 Å². The molecule has 0 amide bonds. The minimum Gasteiger partial charge on any atom is -0.293 e. The van der Waals surface area contributed by atoms with Gasteiger partial charge < -0.3 is 0 Å². The van der Waals surface area contributed by atoms with E-state index in [1.54, 1.807) is 6.20 Å². The van der Waals surface area contributed by atoms with Crippen molar-refractivity contribution in [3.63, 3.8) is 0 Å². The Balaban J connectivity index is 2.08. The van der Waals surface area contributed by atoms with E-state index >= 15 is 0 Å². The molecular weight excluding hydrogens is 234 g/mol. The Hall–Kier alpha value is -1.49. The molecule has 3 rings (SSSR count). The zero-order valence-corrected chi connectivity index (χ0v) is 10.5. The minimum absolute atomic E-state index is 0.248. The van der Waals surface area contributed by atoms with Crippen LogP contribution in [-0.4, -0.2) is 20.5 Å². The van der Waals surface area contributed by atoms with Crippen LogP contribution in [0.1, 0.15) is 35.1 Å². The molecule has 0 saturated heterocycles. The predicted molar refractivity (Wildman–Crippen MR) is 66.3 cm³/mol. The van der Waals surface area contributed by atoms with Crippen LogP contribution < -0.4 is 0 Å². The van der Waals surface area contributed by atoms with Crippen molar-refractivity contribution in [3.05, 3.63) is 22.8 Å². The standard InChI is InChI=1S/C12H13N3OS/c1-2-15-9(6-7-13-15)12-14-8-4-3-5-10(16)11(8)17-12/h6-7H,2-5H2,1H3. The summed E-state index contributed by atoms with van der Waals surface area (Å²) < 4.78 is 1.91. The van der Waals surface area contributed by atoms with E-state index < -0.39 is 0 Å². The number of carbonyl (C=O) groups excluding carboxylic acids is 1. The zero-order chi connectivity index (χ0) is 11.8. The lowest BCUT2D eigenvalue weighted by molar-refractivity contribution is 0.0976. The number of rotatable bonds is 2. The Morgan fingerprint density at radius 2 is 2.35 bits per heavy atom. The summed E-state index contributed by atoms with van der Waals surface area (Å²) in [6, 6.07) is 1.96. The molecular formula is C12H13N3OS. The highest BCUT2D eigenvalue weighted by Crippen LogP contribution is 2.32. The fourth-order valence-electron chi connectivity index (χ4n) is 2.14. The Labute approximate surface area is 103 Å². The lowest BCUT2D eigenvalue weighted by atomic mass is 10.0. The van der Waals surface area contributed by atoms with Gasteiger partial charge >= 0.3 is 0 Å². The molecule has 2 aromatic rings. The molecule has 0 atom stereocenters. The number of nitrogens with zero attached hydrogens (tertiary/aromatic N) is 3. The van der Waals surface area contributed by atoms with Gasteiger partial charge in [-0.3, -0.25) is 9.48 Å². The summed E-state index contributed by atoms with van der Waals surface area (Å²) in [4.78, 5) is 17.2. The summed E-state index contributed by atoms with van der Waals surface area (Å²) in [5.41, 5.74) is 1.99. The predicted octanol–water partition coefficient (Wildman–Crippen LogP) is 2.55. The molecule has 2 aromatic heterocycles. The van der Waals surface area contributed by atoms with Crippen molar-refractivity contribution in [1.82, 2.24) is 14.8 Å². The van der Waals surface area contributed by atoms with Gasteiger partial charge in [0.2, 0.25) is 0 Å². The van der Waals surface area contributed by atoms with Crippen LogP contribution in [-0.2, 0) is 13.0 Å². The molecule has 2 heterocycles. The van der Waals surface area contributed by atoms with Gasteiger partial charge in [-0.25, -0.2) is 4.98 Å². The first kappa shape index (κ1) is 10.7. The molecule has 0 fully saturated rings. The normalized spacial score (nSPS) is 15.0. The Morgan fingerprint density at radius 3 is 3.12 bits per heavy atom. The highest BCUT2D eigenvalue weighted by molar-refractivity contribution is 7.17. The van der Waals surface area contributed by atoms with Crippen LogP contribution in [0.15, 0.2) is 12.3 Å². The van der Waals surface area contributed by atoms with Crippen molar-refractivity contribution in [2.24, 2.45) is 0 Å². The molecule has 1 aliphatic rings. The van der Waals surface area contributed by atoms with E-state index in [1.807, 2.05) is 10.7 Å². The molecule has 0 unspecified atom stereocenters. The molecule has 0 bridgehead atoms. The number of aromatic nitrogens is 3. The third-order valence-electron chi connectivity index (χ3n) is 3.00. The number of carbonyl (C=O) groups is 1. The number of hydrogen-bond donors (Lipinski definition) is 0. The van der Waals surface area contributed by atoms with Crippen LogP contribution in [0.2, 0.25) is 0 Å². The number of Topliss-reactive ketones (excluding diaryl/α,β-unsaturated/α-hetero) is 1. The zero-order valence-electron chi connectivity index (χ0n) is 9.64. The van der Waals surface area contributed by atoms with Crippen molar-refractivity contribution in [2.45, 2.75) is 32.7 Å². The van der Waals surface area contributed by atoms with E-state index in [-0.39, 0.29) is 5.78 Å². The highest BCUT2D eigenvalue weighted by Gasteiger charge is 2.23. The maximum Gasteiger partial charge on any atom is 0.174 e. The van der Waals surface area contributed by atoms with Gasteiger partial charge in [0.05, 0.1) is 16.3 Å². The highest BCUT2D eigenvalue weighted by atomic mass is 32.1. The van der Waals surface area contributed by atoms with Crippen molar-refractivity contribution in [3.8, 4) is 10.7 Å². The van der Waals surface area contributed by atoms with Crippen molar-refractivity contribution in [2.75, 3.05) is 0 Å². The SMILES string of the molecule is CCn1nccc1-c1nc2c(s1)C(=O)CCC2. The van der Waals surface area contributed by atoms with E-state index in [4.69, 9.17) is 0 Å². The van der Waals surface area contributed by atoms with Crippen molar-refractivity contribution >= 4 is 17.1 Å². The number of fused-ring (bicyclic) bond motifs is 1. The van der Waals surface area contributed by atoms with Crippen LogP contribution in [0.5, 0.6) is 0 Å². The summed E-state index contributed by atoms with van der Waals surface area (Å²) >= 11 is 1.51. The van der Waals surface area contributed by atoms with Crippen molar-refractivity contribution < 1.29 is 4.79 Å². The number of aryl methyl sites for hydroxylation is 2. The molecule has 88 valence electrons. The molecule has 1 aliphatic carbocycles. The third kappa shape index (κ3) is 1.70. The lowest BCUT2D eigenvalue weighted by Gasteiger charge is -2.06. The fourth-order valence-corrected chi connectivity index (χ4v) is 3.25. The molecule has 0 aromatic carbocycles. The number of hydrogen-bond acceptors (Lipinski definition) is 4. The monoisotopic (exact) mass is 247 g/mol. The molecule has 4 nitrogen and oxygen atoms in total. The van der Waals surface area contributed by atoms with Gasteiger partial charge in [-0.1, -0.05) is 0 Å². The van der Waals surface area contributed by atoms with Gasteiger partial charge in [0.1, 0.15) is 5.01 Å². The first-order chi connectivity index (χ1) is 8.29. The second-order valence-corrected chi connectivity index (χ2v) is 5.10. The number of thiazole rings is 1. The van der Waals surface area contributed by atoms with E-state index in [0.717, 1.165) is 40.7 Å². The summed E-state index contributed by atoms with van der Waals surface area (Å²) in [6.07, 6.45) is 4.31. The van der Waals surface area contributed by atoms with Crippen LogP contribution in [0.25, 0.3) is 10.7 Å². The van der Waals surface area contributed by atoms with Gasteiger partial charge in [-0.15, -0.1) is 11.3 Å². The van der Waals surface area contributed by atoms with Crippen LogP contribution in [0.4, 0.5) is 0 Å². The van der Waals surface area contributed by atoms with Gasteiger partial charge in [0.15, 0.2) is 5.78 Å². The van der Waals surface area contributed by atoms with Gasteiger partial charge in [-0.2, -0.15) is 5.10 Å². The van der Waals surface area contributed by atoms with E-state index in [2.05, 4.69) is 17.0 Å². The van der Waals surface area contributed by atoms with E-state index in [0.29, 0.717) is 6.42 Å². The summed E-state index contributed by atoms with van der Waals surface area (Å²) in [7, 11) is 0. The van der Waals surface area contributed by atoms with Crippen LogP contribution in [0.3, 0.4) is 0 Å². The second kappa shape index (κ2) is 4.07. The first-order valence-corrected chi connectivity index (χ1v) is 6.66. The molecule has 0 N–H and O–H groups in total. The largest absolute Gasteiger partial charge is 0.293 e. The number of ketones is 1. The van der Waals surface area contributed by atoms with Gasteiger partial charge in [-0.05, 0) is 25.8 Å². The Bertz CT molecular complexity index is 570.